The van der Waals surface area contributed by atoms with E-state index in [0.29, 0.717) is 12.2 Å². The molecule has 1 aromatic heterocycles. The Kier molecular flexibility index (Phi) is 5.00. The fourth-order valence-corrected chi connectivity index (χ4v) is 1.61. The van der Waals surface area contributed by atoms with Crippen molar-refractivity contribution in [2.24, 2.45) is 0 Å². The number of unbranched alkanes of at least 4 members (excludes halogenated alkanes) is 1. The summed E-state index contributed by atoms with van der Waals surface area (Å²) in [5.74, 6) is 0.220. The third-order valence-electron chi connectivity index (χ3n) is 2.98. The molecular weight excluding hydrogens is 232 g/mol. The summed E-state index contributed by atoms with van der Waals surface area (Å²) in [5, 5.41) is 3.04. The molecule has 0 fully saturated rings. The van der Waals surface area contributed by atoms with Crippen molar-refractivity contribution in [3.63, 3.8) is 0 Å². The molecular formula is C12H22N4O2. The fraction of sp³-hybridized carbons (Fsp3) is 0.667. The van der Waals surface area contributed by atoms with Gasteiger partial charge in [-0.05, 0) is 19.8 Å². The number of hydrogen-bond acceptors (Lipinski definition) is 4. The molecule has 0 saturated carbocycles. The van der Waals surface area contributed by atoms with E-state index in [0.717, 1.165) is 19.3 Å². The Labute approximate surface area is 106 Å². The monoisotopic (exact) mass is 254 g/mol. The molecule has 0 radical (unpaired) electrons. The van der Waals surface area contributed by atoms with E-state index < -0.39 is 11.2 Å². The van der Waals surface area contributed by atoms with E-state index in [1.165, 1.54) is 4.57 Å². The molecule has 102 valence electrons. The summed E-state index contributed by atoms with van der Waals surface area (Å²) < 4.78 is 1.41. The number of nitrogens with one attached hydrogen (secondary N) is 2. The summed E-state index contributed by atoms with van der Waals surface area (Å²) >= 11 is 0. The predicted molar refractivity (Wildman–Crippen MR) is 74.0 cm³/mol. The van der Waals surface area contributed by atoms with Gasteiger partial charge in [-0.1, -0.05) is 20.3 Å². The highest BCUT2D eigenvalue weighted by atomic mass is 16.2. The second kappa shape index (κ2) is 6.28. The first-order valence-corrected chi connectivity index (χ1v) is 6.40. The van der Waals surface area contributed by atoms with Crippen LogP contribution >= 0.6 is 0 Å². The van der Waals surface area contributed by atoms with Crippen LogP contribution in [0.5, 0.6) is 0 Å². The number of nitrogens with two attached hydrogens (primary N) is 1. The summed E-state index contributed by atoms with van der Waals surface area (Å²) in [7, 11) is 0. The van der Waals surface area contributed by atoms with Crippen LogP contribution < -0.4 is 22.3 Å². The highest BCUT2D eigenvalue weighted by Gasteiger charge is 2.13. The smallest absolute Gasteiger partial charge is 0.330 e. The van der Waals surface area contributed by atoms with Gasteiger partial charge in [-0.3, -0.25) is 14.3 Å². The summed E-state index contributed by atoms with van der Waals surface area (Å²) in [6.07, 6.45) is 2.67. The molecule has 6 heteroatoms. The number of hydrogen-bond donors (Lipinski definition) is 3. The second-order valence-electron chi connectivity index (χ2n) is 4.48. The molecule has 1 heterocycles. The Hall–Kier alpha value is -1.72. The number of aromatic amines is 1. The van der Waals surface area contributed by atoms with E-state index in [1.54, 1.807) is 0 Å². The molecule has 18 heavy (non-hydrogen) atoms. The maximum atomic E-state index is 11.7. The van der Waals surface area contributed by atoms with E-state index in [1.807, 2.05) is 20.8 Å². The Morgan fingerprint density at radius 1 is 1.39 bits per heavy atom. The largest absolute Gasteiger partial charge is 0.383 e. The molecule has 0 aliphatic heterocycles. The highest BCUT2D eigenvalue weighted by Crippen LogP contribution is 2.12. The standard InChI is InChI=1S/C12H22N4O2/c1-4-6-7-16-10(13)9(14-8(3)5-2)11(17)15-12(16)18/h8,14H,4-7,13H2,1-3H3,(H,15,17,18). The summed E-state index contributed by atoms with van der Waals surface area (Å²) in [5.41, 5.74) is 5.30. The lowest BCUT2D eigenvalue weighted by Crippen LogP contribution is -2.35. The Bertz CT molecular complexity index is 504. The number of H-pyrrole nitrogens is 1. The number of nitrogens with zero attached hydrogens (tertiary/aromatic N) is 1. The van der Waals surface area contributed by atoms with Crippen LogP contribution in [0.25, 0.3) is 0 Å². The van der Waals surface area contributed by atoms with Crippen molar-refractivity contribution in [2.75, 3.05) is 11.1 Å². The molecule has 0 aliphatic rings. The third kappa shape index (κ3) is 3.15. The van der Waals surface area contributed by atoms with E-state index in [4.69, 9.17) is 5.73 Å². The number of rotatable bonds is 6. The average Bonchev–Trinajstić information content (AvgIpc) is 2.33. The van der Waals surface area contributed by atoms with Gasteiger partial charge in [0, 0.05) is 12.6 Å². The van der Waals surface area contributed by atoms with Gasteiger partial charge in [0.2, 0.25) is 0 Å². The van der Waals surface area contributed by atoms with Crippen molar-refractivity contribution in [3.8, 4) is 0 Å². The van der Waals surface area contributed by atoms with Crippen LogP contribution in [0.15, 0.2) is 9.59 Å². The minimum absolute atomic E-state index is 0.130. The maximum absolute atomic E-state index is 11.7. The first-order valence-electron chi connectivity index (χ1n) is 6.40. The van der Waals surface area contributed by atoms with Gasteiger partial charge < -0.3 is 11.1 Å². The van der Waals surface area contributed by atoms with Gasteiger partial charge in [0.25, 0.3) is 5.56 Å². The van der Waals surface area contributed by atoms with Crippen LogP contribution in [-0.4, -0.2) is 15.6 Å². The van der Waals surface area contributed by atoms with Crippen molar-refractivity contribution in [3.05, 3.63) is 20.8 Å². The zero-order valence-electron chi connectivity index (χ0n) is 11.2. The number of anilines is 2. The predicted octanol–water partition coefficient (Wildman–Crippen LogP) is 1.13. The van der Waals surface area contributed by atoms with Crippen LogP contribution in [-0.2, 0) is 6.54 Å². The highest BCUT2D eigenvalue weighted by molar-refractivity contribution is 5.60. The molecule has 0 amide bonds. The van der Waals surface area contributed by atoms with Crippen molar-refractivity contribution in [1.29, 1.82) is 0 Å². The molecule has 0 saturated heterocycles. The maximum Gasteiger partial charge on any atom is 0.330 e. The molecule has 1 aromatic rings. The van der Waals surface area contributed by atoms with Gasteiger partial charge >= 0.3 is 5.69 Å². The van der Waals surface area contributed by atoms with Crippen molar-refractivity contribution < 1.29 is 0 Å². The van der Waals surface area contributed by atoms with Crippen LogP contribution in [0, 0.1) is 0 Å². The van der Waals surface area contributed by atoms with Gasteiger partial charge in [0.05, 0.1) is 0 Å². The van der Waals surface area contributed by atoms with Gasteiger partial charge in [0.15, 0.2) is 0 Å². The minimum Gasteiger partial charge on any atom is -0.383 e. The SMILES string of the molecule is CCCCn1c(N)c(NC(C)CC)c(=O)[nH]c1=O. The molecule has 4 N–H and O–H groups in total. The fourth-order valence-electron chi connectivity index (χ4n) is 1.61. The van der Waals surface area contributed by atoms with Crippen LogP contribution in [0.1, 0.15) is 40.0 Å². The minimum atomic E-state index is -0.453. The molecule has 1 unspecified atom stereocenters. The molecule has 0 bridgehead atoms. The van der Waals surface area contributed by atoms with E-state index in [-0.39, 0.29) is 11.9 Å². The van der Waals surface area contributed by atoms with E-state index >= 15 is 0 Å². The first-order chi connectivity index (χ1) is 8.51. The second-order valence-corrected chi connectivity index (χ2v) is 4.48. The lowest BCUT2D eigenvalue weighted by Gasteiger charge is -2.16. The van der Waals surface area contributed by atoms with Gasteiger partial charge in [-0.2, -0.15) is 0 Å². The topological polar surface area (TPSA) is 92.9 Å². The molecule has 6 nitrogen and oxygen atoms in total. The van der Waals surface area contributed by atoms with Crippen LogP contribution in [0.2, 0.25) is 0 Å². The van der Waals surface area contributed by atoms with E-state index in [2.05, 4.69) is 10.3 Å². The summed E-state index contributed by atoms with van der Waals surface area (Å²) in [4.78, 5) is 25.7. The molecule has 0 aliphatic carbocycles. The van der Waals surface area contributed by atoms with Crippen molar-refractivity contribution in [2.45, 2.75) is 52.6 Å². The van der Waals surface area contributed by atoms with Crippen LogP contribution in [0.4, 0.5) is 11.5 Å². The lowest BCUT2D eigenvalue weighted by atomic mass is 10.2. The first kappa shape index (κ1) is 14.3. The molecule has 0 aromatic carbocycles. The molecule has 1 rings (SSSR count). The summed E-state index contributed by atoms with van der Waals surface area (Å²) in [6.45, 7) is 6.52. The summed E-state index contributed by atoms with van der Waals surface area (Å²) in [6, 6.07) is 0.130. The number of nitrogen functional groups attached to an aromatic ring is 1. The zero-order valence-corrected chi connectivity index (χ0v) is 11.2. The third-order valence-corrected chi connectivity index (χ3v) is 2.98. The van der Waals surface area contributed by atoms with Gasteiger partial charge in [-0.15, -0.1) is 0 Å². The normalized spacial score (nSPS) is 12.4. The number of aromatic nitrogens is 2. The van der Waals surface area contributed by atoms with E-state index in [9.17, 15) is 9.59 Å². The van der Waals surface area contributed by atoms with Gasteiger partial charge in [0.1, 0.15) is 11.5 Å². The Morgan fingerprint density at radius 2 is 2.06 bits per heavy atom. The lowest BCUT2D eigenvalue weighted by molar-refractivity contribution is 0.604. The average molecular weight is 254 g/mol. The molecule has 0 spiro atoms. The van der Waals surface area contributed by atoms with Crippen molar-refractivity contribution in [1.82, 2.24) is 9.55 Å². The Morgan fingerprint density at radius 3 is 2.61 bits per heavy atom. The quantitative estimate of drug-likeness (QED) is 0.709. The van der Waals surface area contributed by atoms with Crippen LogP contribution in [0.3, 0.4) is 0 Å². The zero-order chi connectivity index (χ0) is 13.7. The van der Waals surface area contributed by atoms with Gasteiger partial charge in [-0.25, -0.2) is 4.79 Å². The van der Waals surface area contributed by atoms with Crippen molar-refractivity contribution >= 4 is 11.5 Å². The molecule has 1 atom stereocenters. The Balaban J connectivity index is 3.18.